The lowest BCUT2D eigenvalue weighted by atomic mass is 10.2. The number of hydrogen-bond acceptors (Lipinski definition) is 5. The monoisotopic (exact) mass is 233 g/mol. The van der Waals surface area contributed by atoms with Gasteiger partial charge in [-0.2, -0.15) is 0 Å². The van der Waals surface area contributed by atoms with Crippen molar-refractivity contribution in [3.8, 4) is 0 Å². The van der Waals surface area contributed by atoms with Gasteiger partial charge in [0.05, 0.1) is 0 Å². The predicted octanol–water partition coefficient (Wildman–Crippen LogP) is -2.38. The summed E-state index contributed by atoms with van der Waals surface area (Å²) in [5, 5.41) is 3.03. The molecular formula is C9H23N5O2. The summed E-state index contributed by atoms with van der Waals surface area (Å²) in [5.41, 5.74) is 19.9. The first-order chi connectivity index (χ1) is 7.54. The van der Waals surface area contributed by atoms with Crippen molar-refractivity contribution < 1.29 is 9.59 Å². The fourth-order valence-corrected chi connectivity index (χ4v) is 0.766. The Kier molecular flexibility index (Phi) is 14.9. The Bertz CT molecular complexity index is 169. The second-order valence-corrected chi connectivity index (χ2v) is 3.11. The van der Waals surface area contributed by atoms with Crippen LogP contribution in [0.5, 0.6) is 0 Å². The Balaban J connectivity index is 0. The lowest BCUT2D eigenvalue weighted by Crippen LogP contribution is -2.27. The first kappa shape index (κ1) is 17.2. The number of carbonyl (C=O) groups is 2. The molecule has 2 amide bonds. The van der Waals surface area contributed by atoms with Crippen LogP contribution in [0.15, 0.2) is 0 Å². The van der Waals surface area contributed by atoms with E-state index in [1.54, 1.807) is 0 Å². The van der Waals surface area contributed by atoms with Crippen LogP contribution in [0, 0.1) is 0 Å². The fourth-order valence-electron chi connectivity index (χ4n) is 0.766. The zero-order chi connectivity index (χ0) is 12.8. The summed E-state index contributed by atoms with van der Waals surface area (Å²) in [6.07, 6.45) is 0.941. The van der Waals surface area contributed by atoms with E-state index in [9.17, 15) is 9.59 Å². The Labute approximate surface area is 95.9 Å². The normalized spacial score (nSPS) is 9.12. The molecule has 0 aliphatic carbocycles. The lowest BCUT2D eigenvalue weighted by Gasteiger charge is -1.95. The molecule has 0 saturated heterocycles. The van der Waals surface area contributed by atoms with Crippen LogP contribution in [0.1, 0.15) is 19.3 Å². The zero-order valence-electron chi connectivity index (χ0n) is 9.58. The van der Waals surface area contributed by atoms with Gasteiger partial charge in [0.15, 0.2) is 0 Å². The average Bonchev–Trinajstić information content (AvgIpc) is 2.18. The first-order valence-electron chi connectivity index (χ1n) is 5.22. The molecular weight excluding hydrogens is 210 g/mol. The molecule has 0 aliphatic rings. The Morgan fingerprint density at radius 3 is 1.50 bits per heavy atom. The molecule has 0 rings (SSSR count). The maximum absolute atomic E-state index is 10.1. The van der Waals surface area contributed by atoms with Crippen LogP contribution < -0.4 is 28.3 Å². The van der Waals surface area contributed by atoms with Gasteiger partial charge >= 0.3 is 0 Å². The van der Waals surface area contributed by atoms with Crippen LogP contribution in [0.3, 0.4) is 0 Å². The highest BCUT2D eigenvalue weighted by Crippen LogP contribution is 1.91. The number of primary amides is 2. The summed E-state index contributed by atoms with van der Waals surface area (Å²) in [4.78, 5) is 20.1. The van der Waals surface area contributed by atoms with E-state index in [-0.39, 0.29) is 12.8 Å². The van der Waals surface area contributed by atoms with E-state index in [0.717, 1.165) is 13.1 Å². The number of carbonyl (C=O) groups excluding carboxylic acids is 2. The summed E-state index contributed by atoms with van der Waals surface area (Å²) < 4.78 is 0. The second kappa shape index (κ2) is 13.8. The van der Waals surface area contributed by atoms with Crippen molar-refractivity contribution in [1.29, 1.82) is 0 Å². The molecule has 9 N–H and O–H groups in total. The van der Waals surface area contributed by atoms with Gasteiger partial charge in [-0.3, -0.25) is 9.59 Å². The van der Waals surface area contributed by atoms with Gasteiger partial charge in [0.1, 0.15) is 0 Å². The number of amides is 2. The topological polar surface area (TPSA) is 150 Å². The molecule has 7 nitrogen and oxygen atoms in total. The van der Waals surface area contributed by atoms with Gasteiger partial charge in [0.25, 0.3) is 0 Å². The average molecular weight is 233 g/mol. The molecule has 0 saturated carbocycles. The molecule has 0 aromatic carbocycles. The van der Waals surface area contributed by atoms with Gasteiger partial charge in [-0.25, -0.2) is 0 Å². The number of nitrogens with one attached hydrogen (secondary N) is 1. The van der Waals surface area contributed by atoms with Crippen LogP contribution in [0.25, 0.3) is 0 Å². The summed E-state index contributed by atoms with van der Waals surface area (Å²) in [5.74, 6) is -0.785. The van der Waals surface area contributed by atoms with Gasteiger partial charge in [0, 0.05) is 39.0 Å². The highest BCUT2D eigenvalue weighted by molar-refractivity contribution is 5.76. The minimum atomic E-state index is -0.392. The fraction of sp³-hybridized carbons (Fsp3) is 0.778. The van der Waals surface area contributed by atoms with E-state index in [4.69, 9.17) is 22.9 Å². The molecule has 0 spiro atoms. The Morgan fingerprint density at radius 1 is 0.875 bits per heavy atom. The third kappa shape index (κ3) is 23.0. The van der Waals surface area contributed by atoms with Crippen molar-refractivity contribution in [2.75, 3.05) is 26.2 Å². The van der Waals surface area contributed by atoms with E-state index >= 15 is 0 Å². The zero-order valence-corrected chi connectivity index (χ0v) is 9.58. The molecule has 0 heterocycles. The van der Waals surface area contributed by atoms with Crippen LogP contribution in [-0.4, -0.2) is 38.0 Å². The smallest absolute Gasteiger partial charge is 0.217 e. The molecule has 0 fully saturated rings. The van der Waals surface area contributed by atoms with E-state index in [1.165, 1.54) is 0 Å². The van der Waals surface area contributed by atoms with Crippen molar-refractivity contribution in [2.45, 2.75) is 19.3 Å². The van der Waals surface area contributed by atoms with Gasteiger partial charge in [-0.1, -0.05) is 0 Å². The SMILES string of the molecule is NC(=O)CCCC(N)=O.NCCNCCN. The van der Waals surface area contributed by atoms with E-state index < -0.39 is 11.8 Å². The van der Waals surface area contributed by atoms with E-state index in [2.05, 4.69) is 5.32 Å². The van der Waals surface area contributed by atoms with Crippen molar-refractivity contribution in [1.82, 2.24) is 5.32 Å². The van der Waals surface area contributed by atoms with Crippen molar-refractivity contribution in [2.24, 2.45) is 22.9 Å². The van der Waals surface area contributed by atoms with Gasteiger partial charge in [-0.15, -0.1) is 0 Å². The lowest BCUT2D eigenvalue weighted by molar-refractivity contribution is -0.119. The summed E-state index contributed by atoms with van der Waals surface area (Å²) in [6.45, 7) is 3.13. The van der Waals surface area contributed by atoms with Gasteiger partial charge < -0.3 is 28.3 Å². The predicted molar refractivity (Wildman–Crippen MR) is 63.2 cm³/mol. The molecule has 0 aliphatic heterocycles. The third-order valence-corrected chi connectivity index (χ3v) is 1.49. The summed E-state index contributed by atoms with van der Waals surface area (Å²) in [6, 6.07) is 0. The van der Waals surface area contributed by atoms with Gasteiger partial charge in [0.2, 0.25) is 11.8 Å². The molecule has 0 aromatic heterocycles. The highest BCUT2D eigenvalue weighted by atomic mass is 16.1. The van der Waals surface area contributed by atoms with Crippen LogP contribution in [0.2, 0.25) is 0 Å². The van der Waals surface area contributed by atoms with E-state index in [1.807, 2.05) is 0 Å². The molecule has 16 heavy (non-hydrogen) atoms. The maximum atomic E-state index is 10.1. The van der Waals surface area contributed by atoms with Crippen molar-refractivity contribution >= 4 is 11.8 Å². The molecule has 0 aromatic rings. The standard InChI is InChI=1S/C5H10N2O2.C4H13N3/c6-4(8)2-1-3-5(7)9;5-1-3-7-4-2-6/h1-3H2,(H2,6,8)(H2,7,9);7H,1-6H2. The third-order valence-electron chi connectivity index (χ3n) is 1.49. The number of rotatable bonds is 8. The highest BCUT2D eigenvalue weighted by Gasteiger charge is 1.96. The second-order valence-electron chi connectivity index (χ2n) is 3.11. The van der Waals surface area contributed by atoms with E-state index in [0.29, 0.717) is 19.5 Å². The van der Waals surface area contributed by atoms with Crippen LogP contribution >= 0.6 is 0 Å². The number of hydrogen-bond donors (Lipinski definition) is 5. The molecule has 0 atom stereocenters. The molecule has 0 bridgehead atoms. The van der Waals surface area contributed by atoms with Crippen molar-refractivity contribution in [3.05, 3.63) is 0 Å². The number of nitrogens with two attached hydrogens (primary N) is 4. The minimum Gasteiger partial charge on any atom is -0.370 e. The van der Waals surface area contributed by atoms with Crippen molar-refractivity contribution in [3.63, 3.8) is 0 Å². The van der Waals surface area contributed by atoms with Crippen LogP contribution in [-0.2, 0) is 9.59 Å². The Morgan fingerprint density at radius 2 is 1.25 bits per heavy atom. The Hall–Kier alpha value is -1.18. The van der Waals surface area contributed by atoms with Crippen LogP contribution in [0.4, 0.5) is 0 Å². The quantitative estimate of drug-likeness (QED) is 0.297. The summed E-state index contributed by atoms with van der Waals surface area (Å²) >= 11 is 0. The molecule has 7 heteroatoms. The largest absolute Gasteiger partial charge is 0.370 e. The molecule has 96 valence electrons. The maximum Gasteiger partial charge on any atom is 0.217 e. The summed E-state index contributed by atoms with van der Waals surface area (Å²) in [7, 11) is 0. The minimum absolute atomic E-state index is 0.239. The molecule has 0 unspecified atom stereocenters. The molecule has 0 radical (unpaired) electrons. The van der Waals surface area contributed by atoms with Gasteiger partial charge in [-0.05, 0) is 6.42 Å². The first-order valence-corrected chi connectivity index (χ1v) is 5.22.